The van der Waals surface area contributed by atoms with Crippen LogP contribution in [0.4, 0.5) is 8.78 Å². The van der Waals surface area contributed by atoms with Crippen LogP contribution < -0.4 is 0 Å². The minimum absolute atomic E-state index is 0.627. The molecule has 0 heterocycles. The highest BCUT2D eigenvalue weighted by Gasteiger charge is 2.23. The molecule has 2 N–H and O–H groups in total. The minimum Gasteiger partial charge on any atom is -0.505 e. The molecule has 3 nitrogen and oxygen atoms in total. The van der Waals surface area contributed by atoms with Crippen LogP contribution in [0.15, 0.2) is 12.1 Å². The fourth-order valence-electron chi connectivity index (χ4n) is 1.08. The Hall–Kier alpha value is -1.65. The van der Waals surface area contributed by atoms with E-state index >= 15 is 0 Å². The van der Waals surface area contributed by atoms with Gasteiger partial charge < -0.3 is 10.2 Å². The lowest BCUT2D eigenvalue weighted by Crippen LogP contribution is -2.11. The number of aromatic hydroxyl groups is 1. The minimum atomic E-state index is -1.35. The number of phenols is 1. The molecule has 0 bridgehead atoms. The Bertz CT molecular complexity index is 377. The van der Waals surface area contributed by atoms with Crippen molar-refractivity contribution >= 4 is 5.97 Å². The van der Waals surface area contributed by atoms with E-state index in [9.17, 15) is 13.6 Å². The predicted octanol–water partition coefficient (Wildman–Crippen LogP) is 1.86. The molecule has 5 heteroatoms. The number of carboxylic acid groups (broad SMARTS) is 1. The van der Waals surface area contributed by atoms with Crippen molar-refractivity contribution in [1.82, 2.24) is 0 Å². The molecule has 0 saturated heterocycles. The van der Waals surface area contributed by atoms with Crippen LogP contribution in [-0.4, -0.2) is 16.2 Å². The van der Waals surface area contributed by atoms with Crippen LogP contribution in [0.3, 0.4) is 0 Å². The first-order valence-electron chi connectivity index (χ1n) is 3.84. The lowest BCUT2D eigenvalue weighted by atomic mass is 10.00. The van der Waals surface area contributed by atoms with Gasteiger partial charge in [0.1, 0.15) is 5.82 Å². The lowest BCUT2D eigenvalue weighted by molar-refractivity contribution is -0.138. The van der Waals surface area contributed by atoms with Crippen LogP contribution in [0.25, 0.3) is 0 Å². The van der Waals surface area contributed by atoms with E-state index in [4.69, 9.17) is 10.2 Å². The van der Waals surface area contributed by atoms with E-state index in [1.165, 1.54) is 0 Å². The van der Waals surface area contributed by atoms with Gasteiger partial charge in [0.25, 0.3) is 0 Å². The quantitative estimate of drug-likeness (QED) is 0.769. The van der Waals surface area contributed by atoms with E-state index < -0.39 is 34.8 Å². The monoisotopic (exact) mass is 202 g/mol. The van der Waals surface area contributed by atoms with E-state index in [0.29, 0.717) is 0 Å². The predicted molar refractivity (Wildman–Crippen MR) is 44.1 cm³/mol. The van der Waals surface area contributed by atoms with Crippen molar-refractivity contribution in [3.8, 4) is 5.75 Å². The van der Waals surface area contributed by atoms with Gasteiger partial charge in [-0.25, -0.2) is 8.78 Å². The molecular formula is C9H8F2O3. The summed E-state index contributed by atoms with van der Waals surface area (Å²) >= 11 is 0. The molecule has 0 fully saturated rings. The number of halogens is 2. The second-order valence-electron chi connectivity index (χ2n) is 2.85. The zero-order valence-corrected chi connectivity index (χ0v) is 7.29. The Kier molecular flexibility index (Phi) is 2.69. The summed E-state index contributed by atoms with van der Waals surface area (Å²) in [6, 6.07) is 1.66. The Balaban J connectivity index is 3.32. The van der Waals surface area contributed by atoms with Gasteiger partial charge in [0.2, 0.25) is 0 Å². The molecule has 0 aliphatic carbocycles. The summed E-state index contributed by atoms with van der Waals surface area (Å²) in [6.45, 7) is 1.14. The summed E-state index contributed by atoms with van der Waals surface area (Å²) in [5, 5.41) is 17.5. The molecular weight excluding hydrogens is 194 g/mol. The second kappa shape index (κ2) is 3.61. The third-order valence-corrected chi connectivity index (χ3v) is 1.91. The van der Waals surface area contributed by atoms with Crippen LogP contribution in [0.5, 0.6) is 5.75 Å². The van der Waals surface area contributed by atoms with Crippen LogP contribution in [0.2, 0.25) is 0 Å². The largest absolute Gasteiger partial charge is 0.505 e. The highest BCUT2D eigenvalue weighted by atomic mass is 19.1. The maximum absolute atomic E-state index is 13.1. The van der Waals surface area contributed by atoms with Gasteiger partial charge in [0, 0.05) is 5.56 Å². The molecule has 0 radical (unpaired) electrons. The number of hydrogen-bond acceptors (Lipinski definition) is 2. The maximum atomic E-state index is 13.1. The van der Waals surface area contributed by atoms with E-state index in [1.807, 2.05) is 0 Å². The van der Waals surface area contributed by atoms with E-state index in [1.54, 1.807) is 0 Å². The Morgan fingerprint density at radius 2 is 2.00 bits per heavy atom. The average Bonchev–Trinajstić information content (AvgIpc) is 2.12. The average molecular weight is 202 g/mol. The fraction of sp³-hybridized carbons (Fsp3) is 0.222. The standard InChI is InChI=1S/C9H8F2O3/c1-4(9(13)14)7-5(10)2-3-6(12)8(7)11/h2-4,12H,1H3,(H,13,14). The summed E-state index contributed by atoms with van der Waals surface area (Å²) in [5.41, 5.74) is -0.627. The Morgan fingerprint density at radius 1 is 1.43 bits per heavy atom. The summed E-state index contributed by atoms with van der Waals surface area (Å²) in [5.74, 6) is -5.64. The Labute approximate surface area is 78.6 Å². The van der Waals surface area contributed by atoms with Gasteiger partial charge in [-0.05, 0) is 19.1 Å². The summed E-state index contributed by atoms with van der Waals surface area (Å²) in [6.07, 6.45) is 0. The molecule has 0 aliphatic heterocycles. The fourth-order valence-corrected chi connectivity index (χ4v) is 1.08. The molecule has 1 rings (SSSR count). The number of carbonyl (C=O) groups is 1. The third kappa shape index (κ3) is 1.66. The zero-order valence-electron chi connectivity index (χ0n) is 7.29. The molecule has 1 aromatic rings. The molecule has 0 saturated carbocycles. The number of rotatable bonds is 2. The maximum Gasteiger partial charge on any atom is 0.310 e. The van der Waals surface area contributed by atoms with Crippen molar-refractivity contribution in [1.29, 1.82) is 0 Å². The van der Waals surface area contributed by atoms with Crippen molar-refractivity contribution < 1.29 is 23.8 Å². The highest BCUT2D eigenvalue weighted by Crippen LogP contribution is 2.28. The summed E-state index contributed by atoms with van der Waals surface area (Å²) in [7, 11) is 0. The smallest absolute Gasteiger partial charge is 0.310 e. The van der Waals surface area contributed by atoms with E-state index in [0.717, 1.165) is 19.1 Å². The molecule has 0 aliphatic rings. The van der Waals surface area contributed by atoms with Crippen molar-refractivity contribution in [3.05, 3.63) is 29.3 Å². The van der Waals surface area contributed by atoms with Gasteiger partial charge in [0.05, 0.1) is 5.92 Å². The van der Waals surface area contributed by atoms with Gasteiger partial charge in [0.15, 0.2) is 11.6 Å². The molecule has 0 aromatic heterocycles. The Morgan fingerprint density at radius 3 is 2.50 bits per heavy atom. The third-order valence-electron chi connectivity index (χ3n) is 1.91. The van der Waals surface area contributed by atoms with E-state index in [-0.39, 0.29) is 0 Å². The molecule has 14 heavy (non-hydrogen) atoms. The van der Waals surface area contributed by atoms with Crippen molar-refractivity contribution in [2.24, 2.45) is 0 Å². The molecule has 1 aromatic carbocycles. The molecule has 76 valence electrons. The lowest BCUT2D eigenvalue weighted by Gasteiger charge is -2.09. The van der Waals surface area contributed by atoms with Crippen LogP contribution in [0, 0.1) is 11.6 Å². The first-order chi connectivity index (χ1) is 6.45. The molecule has 1 unspecified atom stereocenters. The topological polar surface area (TPSA) is 57.5 Å². The van der Waals surface area contributed by atoms with Gasteiger partial charge in [-0.2, -0.15) is 0 Å². The van der Waals surface area contributed by atoms with Crippen molar-refractivity contribution in [2.75, 3.05) is 0 Å². The van der Waals surface area contributed by atoms with Gasteiger partial charge in [-0.3, -0.25) is 4.79 Å². The van der Waals surface area contributed by atoms with Crippen LogP contribution in [-0.2, 0) is 4.79 Å². The van der Waals surface area contributed by atoms with Crippen molar-refractivity contribution in [2.45, 2.75) is 12.8 Å². The van der Waals surface area contributed by atoms with Crippen LogP contribution in [0.1, 0.15) is 18.4 Å². The normalized spacial score (nSPS) is 12.5. The zero-order chi connectivity index (χ0) is 10.9. The van der Waals surface area contributed by atoms with Gasteiger partial charge in [-0.15, -0.1) is 0 Å². The number of hydrogen-bond donors (Lipinski definition) is 2. The number of benzene rings is 1. The van der Waals surface area contributed by atoms with E-state index in [2.05, 4.69) is 0 Å². The number of phenolic OH excluding ortho intramolecular Hbond substituents is 1. The molecule has 0 amide bonds. The summed E-state index contributed by atoms with van der Waals surface area (Å²) < 4.78 is 26.1. The number of aliphatic carboxylic acids is 1. The van der Waals surface area contributed by atoms with Gasteiger partial charge >= 0.3 is 5.97 Å². The van der Waals surface area contributed by atoms with Crippen LogP contribution >= 0.6 is 0 Å². The first kappa shape index (κ1) is 10.4. The molecule has 0 spiro atoms. The number of carboxylic acids is 1. The van der Waals surface area contributed by atoms with Gasteiger partial charge in [-0.1, -0.05) is 0 Å². The second-order valence-corrected chi connectivity index (χ2v) is 2.85. The SMILES string of the molecule is CC(C(=O)O)c1c(F)ccc(O)c1F. The first-order valence-corrected chi connectivity index (χ1v) is 3.84. The summed E-state index contributed by atoms with van der Waals surface area (Å²) in [4.78, 5) is 10.5. The molecule has 1 atom stereocenters. The van der Waals surface area contributed by atoms with Crippen molar-refractivity contribution in [3.63, 3.8) is 0 Å². The highest BCUT2D eigenvalue weighted by molar-refractivity contribution is 5.75.